The third kappa shape index (κ3) is 1.54. The maximum atomic E-state index is 10.4. The molecule has 14 heavy (non-hydrogen) atoms. The molecule has 0 saturated heterocycles. The molecule has 2 aromatic rings. The Hall–Kier alpha value is -1.97. The highest BCUT2D eigenvalue weighted by Crippen LogP contribution is 2.13. The van der Waals surface area contributed by atoms with Crippen LogP contribution in [0.2, 0.25) is 0 Å². The molecule has 1 aromatic heterocycles. The van der Waals surface area contributed by atoms with E-state index in [0.29, 0.717) is 11.4 Å². The zero-order chi connectivity index (χ0) is 9.97. The minimum absolute atomic E-state index is 0.657. The topological polar surface area (TPSA) is 47.8 Å². The van der Waals surface area contributed by atoms with Gasteiger partial charge in [0.15, 0.2) is 5.82 Å². The van der Waals surface area contributed by atoms with Crippen molar-refractivity contribution in [2.45, 2.75) is 0 Å². The van der Waals surface area contributed by atoms with Crippen LogP contribution in [-0.4, -0.2) is 21.1 Å². The largest absolute Gasteiger partial charge is 0.298 e. The van der Waals surface area contributed by atoms with Crippen LogP contribution >= 0.6 is 0 Å². The Morgan fingerprint density at radius 2 is 2.00 bits per heavy atom. The number of hydrogen-bond acceptors (Lipinski definition) is 3. The van der Waals surface area contributed by atoms with E-state index in [1.165, 1.54) is 0 Å². The van der Waals surface area contributed by atoms with Gasteiger partial charge in [-0.1, -0.05) is 24.3 Å². The van der Waals surface area contributed by atoms with Gasteiger partial charge in [-0.3, -0.25) is 9.48 Å². The summed E-state index contributed by atoms with van der Waals surface area (Å²) >= 11 is 0. The highest BCUT2D eigenvalue weighted by Gasteiger charge is 2.01. The van der Waals surface area contributed by atoms with E-state index in [0.717, 1.165) is 11.8 Å². The van der Waals surface area contributed by atoms with E-state index < -0.39 is 0 Å². The number of rotatable bonds is 2. The van der Waals surface area contributed by atoms with Crippen molar-refractivity contribution in [1.82, 2.24) is 14.8 Å². The Morgan fingerprint density at radius 3 is 2.50 bits per heavy atom. The summed E-state index contributed by atoms with van der Waals surface area (Å²) in [6.45, 7) is 0. The number of benzene rings is 1. The minimum atomic E-state index is 0.657. The van der Waals surface area contributed by atoms with Crippen molar-refractivity contribution in [3.8, 4) is 11.4 Å². The molecule has 0 radical (unpaired) electrons. The molecule has 0 bridgehead atoms. The van der Waals surface area contributed by atoms with Crippen LogP contribution in [0.5, 0.6) is 0 Å². The lowest BCUT2D eigenvalue weighted by Crippen LogP contribution is -1.88. The first-order chi connectivity index (χ1) is 6.79. The Kier molecular flexibility index (Phi) is 2.10. The van der Waals surface area contributed by atoms with E-state index in [-0.39, 0.29) is 0 Å². The summed E-state index contributed by atoms with van der Waals surface area (Å²) in [6.07, 6.45) is 2.46. The third-order valence-electron chi connectivity index (χ3n) is 1.90. The molecular weight excluding hydrogens is 178 g/mol. The first-order valence-corrected chi connectivity index (χ1v) is 4.21. The van der Waals surface area contributed by atoms with Gasteiger partial charge in [-0.2, -0.15) is 5.10 Å². The molecular formula is C10H9N3O. The summed E-state index contributed by atoms with van der Waals surface area (Å²) in [5, 5.41) is 4.15. The molecule has 0 atom stereocenters. The lowest BCUT2D eigenvalue weighted by Gasteiger charge is -1.94. The quantitative estimate of drug-likeness (QED) is 0.665. The fourth-order valence-corrected chi connectivity index (χ4v) is 1.18. The van der Waals surface area contributed by atoms with Crippen molar-refractivity contribution in [2.75, 3.05) is 0 Å². The van der Waals surface area contributed by atoms with Crippen LogP contribution in [-0.2, 0) is 7.05 Å². The van der Waals surface area contributed by atoms with Crippen LogP contribution in [0.4, 0.5) is 0 Å². The number of aromatic nitrogens is 3. The molecule has 0 fully saturated rings. The van der Waals surface area contributed by atoms with E-state index in [9.17, 15) is 4.79 Å². The number of aldehydes is 1. The van der Waals surface area contributed by atoms with Gasteiger partial charge in [0.25, 0.3) is 0 Å². The van der Waals surface area contributed by atoms with Crippen LogP contribution < -0.4 is 0 Å². The van der Waals surface area contributed by atoms with Crippen molar-refractivity contribution in [3.05, 3.63) is 36.2 Å². The lowest BCUT2D eigenvalue weighted by molar-refractivity contribution is 0.112. The molecule has 0 N–H and O–H groups in total. The number of carbonyl (C=O) groups excluding carboxylic acids is 1. The average Bonchev–Trinajstić information content (AvgIpc) is 2.65. The minimum Gasteiger partial charge on any atom is -0.298 e. The SMILES string of the molecule is Cn1cnc(-c2ccc(C=O)cc2)n1. The van der Waals surface area contributed by atoms with E-state index in [2.05, 4.69) is 10.1 Å². The first-order valence-electron chi connectivity index (χ1n) is 4.21. The maximum absolute atomic E-state index is 10.4. The van der Waals surface area contributed by atoms with Crippen molar-refractivity contribution >= 4 is 6.29 Å². The van der Waals surface area contributed by atoms with Gasteiger partial charge < -0.3 is 0 Å². The second-order valence-electron chi connectivity index (χ2n) is 2.98. The van der Waals surface area contributed by atoms with Crippen molar-refractivity contribution < 1.29 is 4.79 Å². The van der Waals surface area contributed by atoms with E-state index in [4.69, 9.17) is 0 Å². The Morgan fingerprint density at radius 1 is 1.29 bits per heavy atom. The molecule has 0 spiro atoms. The number of aryl methyl sites for hydroxylation is 1. The molecule has 0 amide bonds. The summed E-state index contributed by atoms with van der Waals surface area (Å²) in [5.74, 6) is 0.671. The molecule has 0 aliphatic rings. The fraction of sp³-hybridized carbons (Fsp3) is 0.100. The van der Waals surface area contributed by atoms with Gasteiger partial charge in [-0.25, -0.2) is 4.98 Å². The Balaban J connectivity index is 2.38. The number of carbonyl (C=O) groups is 1. The van der Waals surface area contributed by atoms with Gasteiger partial charge >= 0.3 is 0 Å². The second kappa shape index (κ2) is 3.41. The molecule has 4 heteroatoms. The van der Waals surface area contributed by atoms with E-state index in [1.54, 1.807) is 23.1 Å². The zero-order valence-electron chi connectivity index (χ0n) is 7.71. The van der Waals surface area contributed by atoms with Gasteiger partial charge in [0.2, 0.25) is 0 Å². The monoisotopic (exact) mass is 187 g/mol. The van der Waals surface area contributed by atoms with Crippen LogP contribution in [0.15, 0.2) is 30.6 Å². The molecule has 0 aliphatic heterocycles. The predicted molar refractivity (Wildman–Crippen MR) is 51.8 cm³/mol. The highest BCUT2D eigenvalue weighted by atomic mass is 16.1. The number of nitrogens with zero attached hydrogens (tertiary/aromatic N) is 3. The van der Waals surface area contributed by atoms with Crippen molar-refractivity contribution in [3.63, 3.8) is 0 Å². The number of hydrogen-bond donors (Lipinski definition) is 0. The van der Waals surface area contributed by atoms with E-state index >= 15 is 0 Å². The summed E-state index contributed by atoms with van der Waals surface area (Å²) in [6, 6.07) is 7.16. The first kappa shape index (κ1) is 8.62. The second-order valence-corrected chi connectivity index (χ2v) is 2.98. The summed E-state index contributed by atoms with van der Waals surface area (Å²) in [7, 11) is 1.82. The molecule has 4 nitrogen and oxygen atoms in total. The average molecular weight is 187 g/mol. The van der Waals surface area contributed by atoms with Crippen LogP contribution in [0, 0.1) is 0 Å². The van der Waals surface area contributed by atoms with Gasteiger partial charge in [0.05, 0.1) is 0 Å². The molecule has 1 heterocycles. The standard InChI is InChI=1S/C10H9N3O/c1-13-7-11-10(12-13)9-4-2-8(6-14)3-5-9/h2-7H,1H3. The fourth-order valence-electron chi connectivity index (χ4n) is 1.18. The van der Waals surface area contributed by atoms with E-state index in [1.807, 2.05) is 19.2 Å². The lowest BCUT2D eigenvalue weighted by atomic mass is 10.1. The predicted octanol–water partition coefficient (Wildman–Crippen LogP) is 1.29. The van der Waals surface area contributed by atoms with Gasteiger partial charge in [-0.05, 0) is 0 Å². The smallest absolute Gasteiger partial charge is 0.181 e. The normalized spacial score (nSPS) is 10.1. The van der Waals surface area contributed by atoms with Crippen LogP contribution in [0.25, 0.3) is 11.4 Å². The summed E-state index contributed by atoms with van der Waals surface area (Å²) in [4.78, 5) is 14.5. The van der Waals surface area contributed by atoms with Crippen molar-refractivity contribution in [2.24, 2.45) is 7.05 Å². The molecule has 0 unspecified atom stereocenters. The molecule has 2 rings (SSSR count). The maximum Gasteiger partial charge on any atom is 0.181 e. The molecule has 1 aromatic carbocycles. The molecule has 0 aliphatic carbocycles. The van der Waals surface area contributed by atoms with Gasteiger partial charge in [0, 0.05) is 18.2 Å². The Bertz CT molecular complexity index is 445. The molecule has 70 valence electrons. The zero-order valence-corrected chi connectivity index (χ0v) is 7.71. The molecule has 0 saturated carbocycles. The summed E-state index contributed by atoms with van der Waals surface area (Å²) in [5.41, 5.74) is 1.57. The summed E-state index contributed by atoms with van der Waals surface area (Å²) < 4.78 is 1.64. The highest BCUT2D eigenvalue weighted by molar-refractivity contribution is 5.76. The van der Waals surface area contributed by atoms with Crippen molar-refractivity contribution in [1.29, 1.82) is 0 Å². The van der Waals surface area contributed by atoms with Crippen LogP contribution in [0.3, 0.4) is 0 Å². The Labute approximate surface area is 81.2 Å². The third-order valence-corrected chi connectivity index (χ3v) is 1.90. The van der Waals surface area contributed by atoms with Crippen LogP contribution in [0.1, 0.15) is 10.4 Å². The van der Waals surface area contributed by atoms with Gasteiger partial charge in [-0.15, -0.1) is 0 Å². The van der Waals surface area contributed by atoms with Gasteiger partial charge in [0.1, 0.15) is 12.6 Å².